The quantitative estimate of drug-likeness (QED) is 0.377. The first-order valence-electron chi connectivity index (χ1n) is 9.90. The Hall–Kier alpha value is -5.06. The summed E-state index contributed by atoms with van der Waals surface area (Å²) in [5, 5.41) is 42.1. The summed E-state index contributed by atoms with van der Waals surface area (Å²) in [6.45, 7) is 2.83. The normalized spacial score (nSPS) is 10.4. The molecule has 34 heavy (non-hydrogen) atoms. The van der Waals surface area contributed by atoms with Gasteiger partial charge in [0.1, 0.15) is 49.0 Å². The fourth-order valence-corrected chi connectivity index (χ4v) is 2.71. The van der Waals surface area contributed by atoms with Crippen molar-refractivity contribution in [3.05, 3.63) is 47.5 Å². The second kappa shape index (κ2) is 11.0. The molecule has 0 bridgehead atoms. The highest BCUT2D eigenvalue weighted by atomic mass is 16.5. The Morgan fingerprint density at radius 3 is 1.38 bits per heavy atom. The van der Waals surface area contributed by atoms with Crippen LogP contribution in [0.2, 0.25) is 0 Å². The van der Waals surface area contributed by atoms with Gasteiger partial charge in [-0.1, -0.05) is 0 Å². The van der Waals surface area contributed by atoms with Gasteiger partial charge >= 0.3 is 0 Å². The summed E-state index contributed by atoms with van der Waals surface area (Å²) in [7, 11) is 0. The molecule has 10 nitrogen and oxygen atoms in total. The molecule has 0 radical (unpaired) electrons. The third kappa shape index (κ3) is 6.23. The summed E-state index contributed by atoms with van der Waals surface area (Å²) in [5.74, 6) is 0.429. The summed E-state index contributed by atoms with van der Waals surface area (Å²) in [5.41, 5.74) is -1.58. The van der Waals surface area contributed by atoms with Crippen LogP contribution in [0.3, 0.4) is 0 Å². The van der Waals surface area contributed by atoms with Crippen LogP contribution in [-0.2, 0) is 0 Å². The smallest absolute Gasteiger partial charge is 0.209 e. The SMILES string of the molecule is CC(C#N)(C#N)Nc1ccc(C=O)c(OCCOc2cc(NC(C)(C#N)C#N)ccc2C=O)c1. The van der Waals surface area contributed by atoms with E-state index in [1.807, 2.05) is 24.3 Å². The average Bonchev–Trinajstić information content (AvgIpc) is 2.86. The maximum atomic E-state index is 11.3. The van der Waals surface area contributed by atoms with E-state index >= 15 is 0 Å². The lowest BCUT2D eigenvalue weighted by Gasteiger charge is -2.18. The standard InChI is InChI=1S/C24H20N6O4/c1-23(13-25,14-26)29-19-5-3-17(11-31)21(9-19)33-7-8-34-22-10-20(6-4-18(22)12-32)30-24(2,15-27)16-28/h3-6,9-12,29-30H,7-8H2,1-2H3. The van der Waals surface area contributed by atoms with Crippen molar-refractivity contribution in [1.82, 2.24) is 0 Å². The first kappa shape index (κ1) is 25.2. The topological polar surface area (TPSA) is 172 Å². The molecule has 170 valence electrons. The van der Waals surface area contributed by atoms with E-state index in [4.69, 9.17) is 30.5 Å². The Morgan fingerprint density at radius 2 is 1.09 bits per heavy atom. The molecule has 2 aromatic rings. The van der Waals surface area contributed by atoms with Crippen LogP contribution >= 0.6 is 0 Å². The third-order valence-corrected chi connectivity index (χ3v) is 4.56. The lowest BCUT2D eigenvalue weighted by atomic mass is 10.1. The zero-order valence-corrected chi connectivity index (χ0v) is 18.5. The van der Waals surface area contributed by atoms with Crippen molar-refractivity contribution in [2.45, 2.75) is 24.9 Å². The van der Waals surface area contributed by atoms with E-state index in [0.717, 1.165) is 0 Å². The number of anilines is 2. The van der Waals surface area contributed by atoms with Crippen molar-refractivity contribution >= 4 is 23.9 Å². The fraction of sp³-hybridized carbons (Fsp3) is 0.250. The first-order chi connectivity index (χ1) is 16.2. The molecule has 0 fully saturated rings. The molecule has 2 rings (SSSR count). The van der Waals surface area contributed by atoms with E-state index in [1.54, 1.807) is 12.1 Å². The van der Waals surface area contributed by atoms with Crippen LogP contribution < -0.4 is 20.1 Å². The first-order valence-corrected chi connectivity index (χ1v) is 9.90. The van der Waals surface area contributed by atoms with Crippen molar-refractivity contribution in [2.24, 2.45) is 0 Å². The monoisotopic (exact) mass is 456 g/mol. The number of carbonyl (C=O) groups excluding carboxylic acids is 2. The van der Waals surface area contributed by atoms with Gasteiger partial charge in [0.15, 0.2) is 12.6 Å². The Bertz CT molecular complexity index is 1120. The minimum atomic E-state index is -1.46. The van der Waals surface area contributed by atoms with E-state index < -0.39 is 11.1 Å². The van der Waals surface area contributed by atoms with Gasteiger partial charge in [-0.05, 0) is 38.1 Å². The predicted molar refractivity (Wildman–Crippen MR) is 121 cm³/mol. The second-order valence-corrected chi connectivity index (χ2v) is 7.39. The predicted octanol–water partition coefficient (Wildman–Crippen LogP) is 3.20. The zero-order chi connectivity index (χ0) is 25.2. The van der Waals surface area contributed by atoms with Crippen LogP contribution in [0, 0.1) is 45.3 Å². The molecule has 0 heterocycles. The van der Waals surface area contributed by atoms with Gasteiger partial charge in [0, 0.05) is 23.5 Å². The summed E-state index contributed by atoms with van der Waals surface area (Å²) in [6, 6.07) is 16.5. The number of ether oxygens (including phenoxy) is 2. The lowest BCUT2D eigenvalue weighted by molar-refractivity contribution is 0.110. The summed E-state index contributed by atoms with van der Waals surface area (Å²) < 4.78 is 11.3. The number of nitrogens with zero attached hydrogens (tertiary/aromatic N) is 4. The van der Waals surface area contributed by atoms with E-state index in [0.29, 0.717) is 23.9 Å². The number of hydrogen-bond acceptors (Lipinski definition) is 10. The molecule has 0 aliphatic rings. The third-order valence-electron chi connectivity index (χ3n) is 4.56. The Morgan fingerprint density at radius 1 is 0.735 bits per heavy atom. The molecule has 0 atom stereocenters. The van der Waals surface area contributed by atoms with E-state index in [2.05, 4.69) is 10.6 Å². The molecule has 0 aliphatic heterocycles. The number of rotatable bonds is 11. The van der Waals surface area contributed by atoms with Crippen LogP contribution in [0.1, 0.15) is 34.6 Å². The second-order valence-electron chi connectivity index (χ2n) is 7.39. The Kier molecular flexibility index (Phi) is 8.15. The molecular formula is C24H20N6O4. The molecule has 0 aromatic heterocycles. The molecule has 0 amide bonds. The summed E-state index contributed by atoms with van der Waals surface area (Å²) in [4.78, 5) is 22.7. The minimum absolute atomic E-state index is 0.00210. The number of benzene rings is 2. The van der Waals surface area contributed by atoms with Crippen molar-refractivity contribution in [2.75, 3.05) is 23.8 Å². The minimum Gasteiger partial charge on any atom is -0.489 e. The molecule has 0 saturated heterocycles. The average molecular weight is 456 g/mol. The van der Waals surface area contributed by atoms with Crippen LogP contribution in [0.4, 0.5) is 11.4 Å². The van der Waals surface area contributed by atoms with Gasteiger partial charge in [-0.15, -0.1) is 0 Å². The largest absolute Gasteiger partial charge is 0.489 e. The highest BCUT2D eigenvalue weighted by Gasteiger charge is 2.24. The van der Waals surface area contributed by atoms with Crippen LogP contribution in [0.25, 0.3) is 0 Å². The van der Waals surface area contributed by atoms with Gasteiger partial charge in [0.2, 0.25) is 11.1 Å². The molecule has 0 unspecified atom stereocenters. The van der Waals surface area contributed by atoms with Gasteiger partial charge in [-0.2, -0.15) is 21.0 Å². The van der Waals surface area contributed by atoms with Crippen molar-refractivity contribution in [3.63, 3.8) is 0 Å². The van der Waals surface area contributed by atoms with Gasteiger partial charge < -0.3 is 20.1 Å². The molecule has 2 aromatic carbocycles. The summed E-state index contributed by atoms with van der Waals surface area (Å²) in [6.07, 6.45) is 1.21. The molecule has 0 spiro atoms. The highest BCUT2D eigenvalue weighted by Crippen LogP contribution is 2.26. The van der Waals surface area contributed by atoms with Crippen LogP contribution in [-0.4, -0.2) is 36.9 Å². The van der Waals surface area contributed by atoms with E-state index in [1.165, 1.54) is 38.1 Å². The van der Waals surface area contributed by atoms with E-state index in [-0.39, 0.29) is 35.8 Å². The van der Waals surface area contributed by atoms with Gasteiger partial charge in [0.25, 0.3) is 0 Å². The Balaban J connectivity index is 2.11. The van der Waals surface area contributed by atoms with Crippen molar-refractivity contribution in [1.29, 1.82) is 21.0 Å². The molecule has 0 aliphatic carbocycles. The van der Waals surface area contributed by atoms with Crippen molar-refractivity contribution < 1.29 is 19.1 Å². The number of nitriles is 4. The number of nitrogens with one attached hydrogen (secondary N) is 2. The molecule has 2 N–H and O–H groups in total. The zero-order valence-electron chi connectivity index (χ0n) is 18.5. The van der Waals surface area contributed by atoms with Gasteiger partial charge in [-0.25, -0.2) is 0 Å². The molecular weight excluding hydrogens is 436 g/mol. The molecule has 10 heteroatoms. The maximum absolute atomic E-state index is 11.3. The van der Waals surface area contributed by atoms with Crippen LogP contribution in [0.15, 0.2) is 36.4 Å². The van der Waals surface area contributed by atoms with Gasteiger partial charge in [-0.3, -0.25) is 9.59 Å². The number of hydrogen-bond donors (Lipinski definition) is 2. The lowest BCUT2D eigenvalue weighted by Crippen LogP contribution is -2.30. The number of carbonyl (C=O) groups is 2. The molecule has 0 saturated carbocycles. The Labute approximate surface area is 196 Å². The van der Waals surface area contributed by atoms with Gasteiger partial charge in [0.05, 0.1) is 11.1 Å². The highest BCUT2D eigenvalue weighted by molar-refractivity contribution is 5.81. The number of aldehydes is 2. The maximum Gasteiger partial charge on any atom is 0.209 e. The van der Waals surface area contributed by atoms with Crippen LogP contribution in [0.5, 0.6) is 11.5 Å². The fourth-order valence-electron chi connectivity index (χ4n) is 2.71. The van der Waals surface area contributed by atoms with E-state index in [9.17, 15) is 9.59 Å². The summed E-state index contributed by atoms with van der Waals surface area (Å²) >= 11 is 0. The van der Waals surface area contributed by atoms with Crippen molar-refractivity contribution in [3.8, 4) is 35.8 Å².